The summed E-state index contributed by atoms with van der Waals surface area (Å²) < 4.78 is 0. The van der Waals surface area contributed by atoms with Crippen molar-refractivity contribution in [1.82, 2.24) is 4.90 Å². The molecule has 2 saturated carbocycles. The van der Waals surface area contributed by atoms with Gasteiger partial charge in [-0.2, -0.15) is 0 Å². The van der Waals surface area contributed by atoms with E-state index in [9.17, 15) is 0 Å². The summed E-state index contributed by atoms with van der Waals surface area (Å²) in [5, 5.41) is 0. The van der Waals surface area contributed by atoms with E-state index >= 15 is 0 Å². The summed E-state index contributed by atoms with van der Waals surface area (Å²) in [6.07, 6.45) is 8.40. The Labute approximate surface area is 107 Å². The highest BCUT2D eigenvalue weighted by Gasteiger charge is 2.35. The number of rotatable bonds is 6. The Morgan fingerprint density at radius 3 is 2.29 bits per heavy atom. The van der Waals surface area contributed by atoms with Crippen molar-refractivity contribution in [3.8, 4) is 0 Å². The SMILES string of the molecule is CCN(CC1CC1)CC1(CN)CCC(C)CC1. The second kappa shape index (κ2) is 5.71. The van der Waals surface area contributed by atoms with E-state index in [2.05, 4.69) is 18.7 Å². The maximum Gasteiger partial charge on any atom is 0.00501 e. The van der Waals surface area contributed by atoms with Crippen LogP contribution in [0.15, 0.2) is 0 Å². The maximum atomic E-state index is 6.11. The van der Waals surface area contributed by atoms with Gasteiger partial charge in [-0.25, -0.2) is 0 Å². The number of nitrogens with zero attached hydrogens (tertiary/aromatic N) is 1. The Kier molecular flexibility index (Phi) is 4.48. The molecule has 0 aliphatic heterocycles. The summed E-state index contributed by atoms with van der Waals surface area (Å²) in [6.45, 7) is 9.37. The Morgan fingerprint density at radius 2 is 1.82 bits per heavy atom. The van der Waals surface area contributed by atoms with Crippen LogP contribution in [0, 0.1) is 17.3 Å². The maximum absolute atomic E-state index is 6.11. The second-order valence-corrected chi connectivity index (χ2v) is 6.66. The fourth-order valence-corrected chi connectivity index (χ4v) is 3.25. The molecular weight excluding hydrogens is 208 g/mol. The summed E-state index contributed by atoms with van der Waals surface area (Å²) in [5.74, 6) is 1.93. The Hall–Kier alpha value is -0.0800. The van der Waals surface area contributed by atoms with Crippen LogP contribution in [0.1, 0.15) is 52.4 Å². The zero-order valence-electron chi connectivity index (χ0n) is 11.8. The van der Waals surface area contributed by atoms with Crippen LogP contribution in [0.3, 0.4) is 0 Å². The summed E-state index contributed by atoms with van der Waals surface area (Å²) in [6, 6.07) is 0. The molecular formula is C15H30N2. The zero-order valence-corrected chi connectivity index (χ0v) is 11.8. The normalized spacial score (nSPS) is 34.2. The highest BCUT2D eigenvalue weighted by Crippen LogP contribution is 2.39. The molecule has 0 amide bonds. The molecule has 2 aliphatic rings. The van der Waals surface area contributed by atoms with Crippen LogP contribution in [0.5, 0.6) is 0 Å². The van der Waals surface area contributed by atoms with E-state index in [1.54, 1.807) is 0 Å². The van der Waals surface area contributed by atoms with Crippen LogP contribution in [0.4, 0.5) is 0 Å². The molecule has 0 saturated heterocycles. The van der Waals surface area contributed by atoms with Crippen LogP contribution >= 0.6 is 0 Å². The van der Waals surface area contributed by atoms with Crippen LogP contribution in [-0.4, -0.2) is 31.1 Å². The van der Waals surface area contributed by atoms with Crippen molar-refractivity contribution in [2.24, 2.45) is 23.0 Å². The summed E-state index contributed by atoms with van der Waals surface area (Å²) in [5.41, 5.74) is 6.55. The molecule has 0 heterocycles. The summed E-state index contributed by atoms with van der Waals surface area (Å²) in [4.78, 5) is 2.67. The van der Waals surface area contributed by atoms with Crippen molar-refractivity contribution in [2.75, 3.05) is 26.2 Å². The first-order valence-electron chi connectivity index (χ1n) is 7.60. The third-order valence-corrected chi connectivity index (χ3v) is 4.99. The average molecular weight is 238 g/mol. The van der Waals surface area contributed by atoms with E-state index in [1.165, 1.54) is 58.2 Å². The van der Waals surface area contributed by atoms with Crippen LogP contribution in [0.2, 0.25) is 0 Å². The van der Waals surface area contributed by atoms with E-state index in [0.717, 1.165) is 18.4 Å². The third kappa shape index (κ3) is 3.69. The highest BCUT2D eigenvalue weighted by atomic mass is 15.1. The molecule has 0 aromatic heterocycles. The quantitative estimate of drug-likeness (QED) is 0.771. The molecule has 2 aliphatic carbocycles. The van der Waals surface area contributed by atoms with Crippen molar-refractivity contribution in [1.29, 1.82) is 0 Å². The van der Waals surface area contributed by atoms with Gasteiger partial charge >= 0.3 is 0 Å². The van der Waals surface area contributed by atoms with E-state index in [-0.39, 0.29) is 0 Å². The number of hydrogen-bond acceptors (Lipinski definition) is 2. The number of nitrogens with two attached hydrogens (primary N) is 1. The van der Waals surface area contributed by atoms with Gasteiger partial charge in [0.25, 0.3) is 0 Å². The monoisotopic (exact) mass is 238 g/mol. The Balaban J connectivity index is 1.87. The van der Waals surface area contributed by atoms with Crippen molar-refractivity contribution in [3.05, 3.63) is 0 Å². The molecule has 100 valence electrons. The highest BCUT2D eigenvalue weighted by molar-refractivity contribution is 4.89. The Bertz CT molecular complexity index is 227. The predicted molar refractivity (Wildman–Crippen MR) is 74.0 cm³/mol. The standard InChI is InChI=1S/C15H30N2/c1-3-17(10-14-4-5-14)12-15(11-16)8-6-13(2)7-9-15/h13-14H,3-12,16H2,1-2H3. The predicted octanol–water partition coefficient (Wildman–Crippen LogP) is 2.87. The molecule has 2 nitrogen and oxygen atoms in total. The van der Waals surface area contributed by atoms with Gasteiger partial charge in [-0.05, 0) is 56.0 Å². The molecule has 2 N–H and O–H groups in total. The molecule has 17 heavy (non-hydrogen) atoms. The topological polar surface area (TPSA) is 29.3 Å². The van der Waals surface area contributed by atoms with Crippen LogP contribution in [-0.2, 0) is 0 Å². The lowest BCUT2D eigenvalue weighted by molar-refractivity contribution is 0.0949. The van der Waals surface area contributed by atoms with Gasteiger partial charge in [0.05, 0.1) is 0 Å². The summed E-state index contributed by atoms with van der Waals surface area (Å²) >= 11 is 0. The minimum Gasteiger partial charge on any atom is -0.330 e. The van der Waals surface area contributed by atoms with E-state index in [1.807, 2.05) is 0 Å². The lowest BCUT2D eigenvalue weighted by atomic mass is 9.70. The smallest absolute Gasteiger partial charge is 0.00501 e. The van der Waals surface area contributed by atoms with E-state index in [4.69, 9.17) is 5.73 Å². The molecule has 0 radical (unpaired) electrons. The zero-order chi connectivity index (χ0) is 12.3. The fraction of sp³-hybridized carbons (Fsp3) is 1.00. The van der Waals surface area contributed by atoms with Gasteiger partial charge in [0.1, 0.15) is 0 Å². The molecule has 2 heteroatoms. The minimum absolute atomic E-state index is 0.442. The third-order valence-electron chi connectivity index (χ3n) is 4.99. The van der Waals surface area contributed by atoms with Gasteiger partial charge in [-0.3, -0.25) is 0 Å². The van der Waals surface area contributed by atoms with Crippen LogP contribution in [0.25, 0.3) is 0 Å². The molecule has 2 rings (SSSR count). The first-order chi connectivity index (χ1) is 8.17. The van der Waals surface area contributed by atoms with E-state index in [0.29, 0.717) is 5.41 Å². The lowest BCUT2D eigenvalue weighted by Crippen LogP contribution is -2.45. The van der Waals surface area contributed by atoms with Gasteiger partial charge in [-0.1, -0.05) is 26.7 Å². The van der Waals surface area contributed by atoms with Crippen molar-refractivity contribution >= 4 is 0 Å². The van der Waals surface area contributed by atoms with Gasteiger partial charge in [0, 0.05) is 13.1 Å². The van der Waals surface area contributed by atoms with Crippen LogP contribution < -0.4 is 5.73 Å². The largest absolute Gasteiger partial charge is 0.330 e. The molecule has 0 aromatic carbocycles. The van der Waals surface area contributed by atoms with Gasteiger partial charge in [-0.15, -0.1) is 0 Å². The van der Waals surface area contributed by atoms with Crippen molar-refractivity contribution in [2.45, 2.75) is 52.4 Å². The van der Waals surface area contributed by atoms with Crippen molar-refractivity contribution < 1.29 is 0 Å². The fourth-order valence-electron chi connectivity index (χ4n) is 3.25. The summed E-state index contributed by atoms with van der Waals surface area (Å²) in [7, 11) is 0. The average Bonchev–Trinajstić information content (AvgIpc) is 3.15. The lowest BCUT2D eigenvalue weighted by Gasteiger charge is -2.42. The molecule has 0 spiro atoms. The van der Waals surface area contributed by atoms with Gasteiger partial charge in [0.15, 0.2) is 0 Å². The molecule has 0 unspecified atom stereocenters. The molecule has 0 bridgehead atoms. The first kappa shape index (κ1) is 13.4. The van der Waals surface area contributed by atoms with Crippen molar-refractivity contribution in [3.63, 3.8) is 0 Å². The van der Waals surface area contributed by atoms with E-state index < -0.39 is 0 Å². The van der Waals surface area contributed by atoms with Gasteiger partial charge in [0.2, 0.25) is 0 Å². The Morgan fingerprint density at radius 1 is 1.18 bits per heavy atom. The minimum atomic E-state index is 0.442. The van der Waals surface area contributed by atoms with Gasteiger partial charge < -0.3 is 10.6 Å². The second-order valence-electron chi connectivity index (χ2n) is 6.66. The molecule has 0 aromatic rings. The first-order valence-corrected chi connectivity index (χ1v) is 7.60. The molecule has 0 atom stereocenters. The molecule has 2 fully saturated rings. The number of hydrogen-bond donors (Lipinski definition) is 1.